The minimum Gasteiger partial charge on any atom is -0.465 e. The minimum absolute atomic E-state index is 0.0355. The second-order valence-electron chi connectivity index (χ2n) is 7.43. The van der Waals surface area contributed by atoms with Gasteiger partial charge in [-0.3, -0.25) is 9.69 Å². The van der Waals surface area contributed by atoms with Gasteiger partial charge in [-0.05, 0) is 25.0 Å². The van der Waals surface area contributed by atoms with Crippen molar-refractivity contribution in [2.75, 3.05) is 38.2 Å². The molecule has 1 aromatic carbocycles. The van der Waals surface area contributed by atoms with E-state index in [1.807, 2.05) is 4.57 Å². The number of esters is 1. The van der Waals surface area contributed by atoms with Crippen molar-refractivity contribution in [2.24, 2.45) is 0 Å². The molecule has 0 unspecified atom stereocenters. The first-order valence-electron chi connectivity index (χ1n) is 9.02. The maximum absolute atomic E-state index is 14.9. The number of fused-ring (bicyclic) bond motifs is 3. The Bertz CT molecular complexity index is 973. The number of anilines is 1. The number of halogens is 1. The smallest absolute Gasteiger partial charge is 0.343 e. The van der Waals surface area contributed by atoms with Gasteiger partial charge in [0, 0.05) is 43.8 Å². The highest BCUT2D eigenvalue weighted by atomic mass is 19.1. The predicted octanol–water partition coefficient (Wildman–Crippen LogP) is 1.77. The molecule has 2 aromatic rings. The molecule has 6 rings (SSSR count). The standard InChI is InChI=1S/C19H20FN3O3/c1-26-19(25)14-10-23(11-2-3-11)16-7-17(15(20)6-13(16)18(14)24)22-5-4-21-8-12(22)9-21/h6-7,10-12H,2-5,8-9H2,1H3. The second-order valence-corrected chi connectivity index (χ2v) is 7.43. The normalized spacial score (nSPS) is 24.5. The number of hydrogen-bond acceptors (Lipinski definition) is 5. The van der Waals surface area contributed by atoms with E-state index in [2.05, 4.69) is 9.80 Å². The van der Waals surface area contributed by atoms with E-state index in [9.17, 15) is 14.0 Å². The summed E-state index contributed by atoms with van der Waals surface area (Å²) >= 11 is 0. The molecule has 4 aliphatic rings. The molecule has 1 aliphatic carbocycles. The highest BCUT2D eigenvalue weighted by molar-refractivity contribution is 5.94. The third kappa shape index (κ3) is 2.26. The number of pyridine rings is 1. The maximum Gasteiger partial charge on any atom is 0.343 e. The summed E-state index contributed by atoms with van der Waals surface area (Å²) in [4.78, 5) is 29.2. The van der Waals surface area contributed by atoms with E-state index >= 15 is 0 Å². The average Bonchev–Trinajstić information content (AvgIpc) is 3.46. The van der Waals surface area contributed by atoms with E-state index in [1.54, 1.807) is 12.3 Å². The van der Waals surface area contributed by atoms with Crippen LogP contribution in [-0.4, -0.2) is 54.8 Å². The van der Waals surface area contributed by atoms with Crippen LogP contribution in [0.4, 0.5) is 10.1 Å². The first-order chi connectivity index (χ1) is 12.6. The Morgan fingerprint density at radius 1 is 1.19 bits per heavy atom. The largest absolute Gasteiger partial charge is 0.465 e. The lowest BCUT2D eigenvalue weighted by Crippen LogP contribution is -2.66. The number of methoxy groups -OCH3 is 1. The molecular weight excluding hydrogens is 337 g/mol. The molecule has 136 valence electrons. The summed E-state index contributed by atoms with van der Waals surface area (Å²) in [6, 6.07) is 3.68. The van der Waals surface area contributed by atoms with Crippen molar-refractivity contribution in [1.29, 1.82) is 0 Å². The Kier molecular flexibility index (Phi) is 3.37. The van der Waals surface area contributed by atoms with Crippen LogP contribution in [0.1, 0.15) is 29.2 Å². The SMILES string of the molecule is COC(=O)c1cn(C2CC2)c2cc(N3CCN4CC3C4)c(F)cc2c1=O. The predicted molar refractivity (Wildman–Crippen MR) is 95.4 cm³/mol. The highest BCUT2D eigenvalue weighted by Gasteiger charge is 2.38. The topological polar surface area (TPSA) is 54.8 Å². The van der Waals surface area contributed by atoms with Crippen molar-refractivity contribution in [1.82, 2.24) is 9.47 Å². The van der Waals surface area contributed by atoms with Gasteiger partial charge in [0.05, 0.1) is 24.4 Å². The van der Waals surface area contributed by atoms with Crippen LogP contribution in [0.2, 0.25) is 0 Å². The van der Waals surface area contributed by atoms with Crippen LogP contribution >= 0.6 is 0 Å². The zero-order valence-corrected chi connectivity index (χ0v) is 14.6. The first-order valence-corrected chi connectivity index (χ1v) is 9.02. The first kappa shape index (κ1) is 15.8. The van der Waals surface area contributed by atoms with Crippen LogP contribution in [0.5, 0.6) is 0 Å². The van der Waals surface area contributed by atoms with Gasteiger partial charge in [-0.2, -0.15) is 0 Å². The van der Waals surface area contributed by atoms with Crippen molar-refractivity contribution in [2.45, 2.75) is 24.9 Å². The number of piperazine rings is 2. The molecule has 4 heterocycles. The van der Waals surface area contributed by atoms with Crippen LogP contribution in [0.25, 0.3) is 10.9 Å². The lowest BCUT2D eigenvalue weighted by Gasteiger charge is -2.52. The lowest BCUT2D eigenvalue weighted by atomic mass is 10.0. The molecule has 0 N–H and O–H groups in total. The molecule has 0 radical (unpaired) electrons. The molecule has 3 aliphatic heterocycles. The summed E-state index contributed by atoms with van der Waals surface area (Å²) in [6.45, 7) is 3.66. The number of aromatic nitrogens is 1. The number of carbonyl (C=O) groups excluding carboxylic acids is 1. The van der Waals surface area contributed by atoms with E-state index in [0.717, 1.165) is 39.0 Å². The molecule has 1 saturated carbocycles. The van der Waals surface area contributed by atoms with Gasteiger partial charge in [-0.1, -0.05) is 0 Å². The van der Waals surface area contributed by atoms with Crippen LogP contribution in [0.3, 0.4) is 0 Å². The molecule has 6 nitrogen and oxygen atoms in total. The molecule has 0 atom stereocenters. The van der Waals surface area contributed by atoms with E-state index < -0.39 is 17.2 Å². The number of hydrogen-bond donors (Lipinski definition) is 0. The van der Waals surface area contributed by atoms with E-state index in [1.165, 1.54) is 13.2 Å². The summed E-state index contributed by atoms with van der Waals surface area (Å²) in [5.41, 5.74) is 0.749. The molecule has 7 heteroatoms. The lowest BCUT2D eigenvalue weighted by molar-refractivity contribution is 0.0598. The molecule has 0 amide bonds. The Labute approximate surface area is 149 Å². The Balaban J connectivity index is 1.71. The van der Waals surface area contributed by atoms with Gasteiger partial charge in [-0.15, -0.1) is 0 Å². The Morgan fingerprint density at radius 2 is 1.96 bits per heavy atom. The van der Waals surface area contributed by atoms with Gasteiger partial charge in [0.1, 0.15) is 11.4 Å². The van der Waals surface area contributed by atoms with Gasteiger partial charge in [0.2, 0.25) is 5.43 Å². The van der Waals surface area contributed by atoms with Crippen LogP contribution in [0, 0.1) is 5.82 Å². The summed E-state index contributed by atoms with van der Waals surface area (Å²) in [5.74, 6) is -1.08. The average molecular weight is 357 g/mol. The molecule has 4 fully saturated rings. The number of nitrogens with zero attached hydrogens (tertiary/aromatic N) is 3. The number of ether oxygens (including phenoxy) is 1. The summed E-state index contributed by atoms with van der Waals surface area (Å²) in [6.07, 6.45) is 3.57. The molecule has 2 bridgehead atoms. The molecular formula is C19H20FN3O3. The van der Waals surface area contributed by atoms with Gasteiger partial charge < -0.3 is 14.2 Å². The Morgan fingerprint density at radius 3 is 2.58 bits per heavy atom. The fraction of sp³-hybridized carbons (Fsp3) is 0.474. The van der Waals surface area contributed by atoms with Crippen LogP contribution in [0.15, 0.2) is 23.1 Å². The fourth-order valence-electron chi connectivity index (χ4n) is 4.16. The van der Waals surface area contributed by atoms with Crippen molar-refractivity contribution < 1.29 is 13.9 Å². The zero-order valence-electron chi connectivity index (χ0n) is 14.6. The number of benzene rings is 1. The molecule has 3 saturated heterocycles. The van der Waals surface area contributed by atoms with Crippen molar-refractivity contribution in [3.63, 3.8) is 0 Å². The van der Waals surface area contributed by atoms with Gasteiger partial charge in [0.25, 0.3) is 0 Å². The van der Waals surface area contributed by atoms with Gasteiger partial charge in [-0.25, -0.2) is 9.18 Å². The molecule has 0 spiro atoms. The number of carbonyl (C=O) groups is 1. The fourth-order valence-corrected chi connectivity index (χ4v) is 4.16. The van der Waals surface area contributed by atoms with Crippen molar-refractivity contribution >= 4 is 22.6 Å². The highest BCUT2D eigenvalue weighted by Crippen LogP contribution is 2.39. The van der Waals surface area contributed by atoms with Crippen LogP contribution < -0.4 is 10.3 Å². The van der Waals surface area contributed by atoms with Crippen molar-refractivity contribution in [3.8, 4) is 0 Å². The zero-order chi connectivity index (χ0) is 18.0. The van der Waals surface area contributed by atoms with E-state index in [0.29, 0.717) is 17.2 Å². The number of rotatable bonds is 3. The minimum atomic E-state index is -0.679. The van der Waals surface area contributed by atoms with Crippen molar-refractivity contribution in [3.05, 3.63) is 39.9 Å². The van der Waals surface area contributed by atoms with Gasteiger partial charge in [0.15, 0.2) is 0 Å². The monoisotopic (exact) mass is 357 g/mol. The summed E-state index contributed by atoms with van der Waals surface area (Å²) in [7, 11) is 1.25. The van der Waals surface area contributed by atoms with Gasteiger partial charge >= 0.3 is 5.97 Å². The third-order valence-electron chi connectivity index (χ3n) is 5.79. The maximum atomic E-state index is 14.9. The second kappa shape index (κ2) is 5.54. The van der Waals surface area contributed by atoms with E-state index in [4.69, 9.17) is 4.74 Å². The quantitative estimate of drug-likeness (QED) is 0.784. The Hall–Kier alpha value is -2.41. The molecule has 1 aromatic heterocycles. The summed E-state index contributed by atoms with van der Waals surface area (Å²) in [5, 5.41) is 0.244. The molecule has 26 heavy (non-hydrogen) atoms. The summed E-state index contributed by atoms with van der Waals surface area (Å²) < 4.78 is 21.6. The third-order valence-corrected chi connectivity index (χ3v) is 5.79. The van der Waals surface area contributed by atoms with E-state index in [-0.39, 0.29) is 17.0 Å². The van der Waals surface area contributed by atoms with Crippen LogP contribution in [-0.2, 0) is 4.74 Å².